The average Bonchev–Trinajstić information content (AvgIpc) is 2.65. The first-order valence-corrected chi connectivity index (χ1v) is 9.38. The largest absolute Gasteiger partial charge is 0.326 e. The third kappa shape index (κ3) is 6.31. The number of hydrogen-bond acceptors (Lipinski definition) is 3. The summed E-state index contributed by atoms with van der Waals surface area (Å²) in [4.78, 5) is 16.7. The number of nitrogens with one attached hydrogen (secondary N) is 2. The molecule has 1 amide bonds. The van der Waals surface area contributed by atoms with Gasteiger partial charge in [-0.3, -0.25) is 9.79 Å². The number of dihydropyridines is 1. The highest BCUT2D eigenvalue weighted by atomic mass is 16.1. The van der Waals surface area contributed by atoms with Crippen LogP contribution in [-0.4, -0.2) is 24.4 Å². The van der Waals surface area contributed by atoms with Gasteiger partial charge in [-0.15, -0.1) is 0 Å². The molecule has 0 bridgehead atoms. The molecule has 1 aliphatic heterocycles. The molecular formula is C24H31N3O. The molecule has 2 N–H and O–H groups in total. The minimum Gasteiger partial charge on any atom is -0.326 e. The van der Waals surface area contributed by atoms with Crippen LogP contribution < -0.4 is 5.32 Å². The molecule has 1 rings (SSSR count). The molecule has 0 aliphatic carbocycles. The number of aliphatic imine (C=N–C) groups is 1. The fourth-order valence-corrected chi connectivity index (χ4v) is 2.67. The Labute approximate surface area is 169 Å². The number of rotatable bonds is 8. The average molecular weight is 378 g/mol. The van der Waals surface area contributed by atoms with Crippen molar-refractivity contribution < 1.29 is 4.79 Å². The Morgan fingerprint density at radius 2 is 1.82 bits per heavy atom. The van der Waals surface area contributed by atoms with Crippen LogP contribution in [0.3, 0.4) is 0 Å². The van der Waals surface area contributed by atoms with Gasteiger partial charge in [-0.25, -0.2) is 0 Å². The zero-order valence-electron chi connectivity index (χ0n) is 17.5. The second kappa shape index (κ2) is 11.0. The molecule has 4 nitrogen and oxygen atoms in total. The van der Waals surface area contributed by atoms with Crippen molar-refractivity contribution in [1.82, 2.24) is 5.32 Å². The van der Waals surface area contributed by atoms with Crippen LogP contribution in [0.2, 0.25) is 0 Å². The maximum absolute atomic E-state index is 12.2. The number of carbonyl (C=O) groups excluding carboxylic acids is 1. The summed E-state index contributed by atoms with van der Waals surface area (Å²) in [6.07, 6.45) is 14.3. The van der Waals surface area contributed by atoms with Gasteiger partial charge in [-0.05, 0) is 68.1 Å². The van der Waals surface area contributed by atoms with E-state index in [1.807, 2.05) is 38.3 Å². The molecule has 1 heterocycles. The van der Waals surface area contributed by atoms with Crippen molar-refractivity contribution in [2.45, 2.75) is 40.7 Å². The first-order valence-electron chi connectivity index (χ1n) is 9.38. The van der Waals surface area contributed by atoms with Gasteiger partial charge < -0.3 is 10.7 Å². The molecule has 28 heavy (non-hydrogen) atoms. The minimum absolute atomic E-state index is 0.270. The second-order valence-corrected chi connectivity index (χ2v) is 6.74. The van der Waals surface area contributed by atoms with Crippen molar-refractivity contribution in [2.75, 3.05) is 0 Å². The summed E-state index contributed by atoms with van der Waals surface area (Å²) in [5.74, 6) is 0.0427. The molecule has 0 aromatic carbocycles. The van der Waals surface area contributed by atoms with E-state index in [1.54, 1.807) is 19.1 Å². The summed E-state index contributed by atoms with van der Waals surface area (Å²) in [6, 6.07) is 0.270. The summed E-state index contributed by atoms with van der Waals surface area (Å²) >= 11 is 0. The highest BCUT2D eigenvalue weighted by molar-refractivity contribution is 6.11. The van der Waals surface area contributed by atoms with Crippen LogP contribution in [0.4, 0.5) is 0 Å². The van der Waals surface area contributed by atoms with Crippen LogP contribution in [0.15, 0.2) is 88.2 Å². The molecule has 0 spiro atoms. The fraction of sp³-hybridized carbons (Fsp3) is 0.292. The van der Waals surface area contributed by atoms with Gasteiger partial charge in [-0.1, -0.05) is 44.4 Å². The highest BCUT2D eigenvalue weighted by Gasteiger charge is 2.14. The molecule has 0 saturated carbocycles. The van der Waals surface area contributed by atoms with E-state index in [4.69, 9.17) is 5.41 Å². The van der Waals surface area contributed by atoms with Crippen LogP contribution in [-0.2, 0) is 4.79 Å². The Kier molecular flexibility index (Phi) is 9.03. The van der Waals surface area contributed by atoms with Gasteiger partial charge in [0.1, 0.15) is 0 Å². The van der Waals surface area contributed by atoms with E-state index >= 15 is 0 Å². The van der Waals surface area contributed by atoms with Crippen LogP contribution in [0, 0.1) is 11.3 Å². The van der Waals surface area contributed by atoms with Gasteiger partial charge in [0.15, 0.2) is 0 Å². The lowest BCUT2D eigenvalue weighted by Gasteiger charge is -2.19. The van der Waals surface area contributed by atoms with Gasteiger partial charge in [0.25, 0.3) is 5.91 Å². The van der Waals surface area contributed by atoms with E-state index in [9.17, 15) is 4.79 Å². The SMILES string of the molecule is C=CC(=C/C)/C(=C\C(=C)C1=CC(C)C(C)N=C1)/C=C(\C)NC(=O)/C(C=N)=C/C. The number of allylic oxidation sites excluding steroid dienone is 10. The predicted octanol–water partition coefficient (Wildman–Crippen LogP) is 5.25. The normalized spacial score (nSPS) is 21.1. The summed E-state index contributed by atoms with van der Waals surface area (Å²) in [5, 5.41) is 10.1. The predicted molar refractivity (Wildman–Crippen MR) is 121 cm³/mol. The Morgan fingerprint density at radius 3 is 2.32 bits per heavy atom. The van der Waals surface area contributed by atoms with Crippen LogP contribution in [0.5, 0.6) is 0 Å². The van der Waals surface area contributed by atoms with E-state index in [-0.39, 0.29) is 11.9 Å². The Morgan fingerprint density at radius 1 is 1.18 bits per heavy atom. The molecular weight excluding hydrogens is 346 g/mol. The molecule has 0 fully saturated rings. The summed E-state index contributed by atoms with van der Waals surface area (Å²) in [5.41, 5.74) is 4.64. The van der Waals surface area contributed by atoms with Gasteiger partial charge in [0, 0.05) is 18.1 Å². The Balaban J connectivity index is 3.21. The van der Waals surface area contributed by atoms with E-state index < -0.39 is 0 Å². The molecule has 148 valence electrons. The molecule has 0 aromatic rings. The lowest BCUT2D eigenvalue weighted by Crippen LogP contribution is -2.23. The molecule has 0 saturated heterocycles. The van der Waals surface area contributed by atoms with Crippen LogP contribution >= 0.6 is 0 Å². The smallest absolute Gasteiger partial charge is 0.256 e. The van der Waals surface area contributed by atoms with Crippen molar-refractivity contribution in [3.63, 3.8) is 0 Å². The lowest BCUT2D eigenvalue weighted by molar-refractivity contribution is -0.116. The fourth-order valence-electron chi connectivity index (χ4n) is 2.67. The Hall–Kier alpha value is -3.01. The second-order valence-electron chi connectivity index (χ2n) is 6.74. The zero-order chi connectivity index (χ0) is 21.3. The first-order chi connectivity index (χ1) is 13.3. The summed E-state index contributed by atoms with van der Waals surface area (Å²) < 4.78 is 0. The topological polar surface area (TPSA) is 65.3 Å². The number of hydrogen-bond donors (Lipinski definition) is 2. The third-order valence-electron chi connectivity index (χ3n) is 4.63. The first kappa shape index (κ1) is 23.0. The molecule has 1 aliphatic rings. The number of nitrogens with zero attached hydrogens (tertiary/aromatic N) is 1. The zero-order valence-corrected chi connectivity index (χ0v) is 17.5. The quantitative estimate of drug-likeness (QED) is 0.338. The maximum Gasteiger partial charge on any atom is 0.256 e. The van der Waals surface area contributed by atoms with Gasteiger partial charge in [-0.2, -0.15) is 0 Å². The molecule has 0 radical (unpaired) electrons. The molecule has 4 heteroatoms. The van der Waals surface area contributed by atoms with Gasteiger partial charge >= 0.3 is 0 Å². The van der Waals surface area contributed by atoms with Crippen molar-refractivity contribution in [2.24, 2.45) is 10.9 Å². The maximum atomic E-state index is 12.2. The minimum atomic E-state index is -0.310. The van der Waals surface area contributed by atoms with E-state index in [0.717, 1.165) is 28.5 Å². The standard InChI is InChI=1S/C24H31N3O/c1-8-20(9-2)22(13-18(6)27-24(28)21(10-3)14-25)12-17(5)23-11-16(4)19(7)26-15-23/h8-16,19,25H,1,5H2,2-4,6-7H3,(H,27,28)/b18-13+,20-9-,21-10+,22-12-,25-14?. The van der Waals surface area contributed by atoms with Gasteiger partial charge in [0.2, 0.25) is 0 Å². The highest BCUT2D eigenvalue weighted by Crippen LogP contribution is 2.23. The van der Waals surface area contributed by atoms with Crippen molar-refractivity contribution in [3.8, 4) is 0 Å². The summed E-state index contributed by atoms with van der Waals surface area (Å²) in [6.45, 7) is 17.8. The van der Waals surface area contributed by atoms with Gasteiger partial charge in [0.05, 0.1) is 11.6 Å². The Bertz CT molecular complexity index is 832. The summed E-state index contributed by atoms with van der Waals surface area (Å²) in [7, 11) is 0. The van der Waals surface area contributed by atoms with E-state index in [0.29, 0.717) is 17.2 Å². The molecule has 2 unspecified atom stereocenters. The van der Waals surface area contributed by atoms with Crippen molar-refractivity contribution >= 4 is 18.3 Å². The number of carbonyl (C=O) groups is 1. The van der Waals surface area contributed by atoms with Crippen molar-refractivity contribution in [1.29, 1.82) is 5.41 Å². The van der Waals surface area contributed by atoms with Crippen LogP contribution in [0.25, 0.3) is 0 Å². The monoisotopic (exact) mass is 377 g/mol. The van der Waals surface area contributed by atoms with Crippen molar-refractivity contribution in [3.05, 3.63) is 83.2 Å². The van der Waals surface area contributed by atoms with E-state index in [1.165, 1.54) is 0 Å². The number of amides is 1. The third-order valence-corrected chi connectivity index (χ3v) is 4.63. The van der Waals surface area contributed by atoms with Crippen LogP contribution in [0.1, 0.15) is 34.6 Å². The molecule has 0 aromatic heterocycles. The van der Waals surface area contributed by atoms with E-state index in [2.05, 4.69) is 43.4 Å². The molecule has 2 atom stereocenters. The lowest BCUT2D eigenvalue weighted by atomic mass is 9.93.